The Labute approximate surface area is 188 Å². The Hall–Kier alpha value is -4.34. The molecule has 1 aliphatic rings. The average molecular weight is 440 g/mol. The van der Waals surface area contributed by atoms with Crippen molar-refractivity contribution in [1.29, 1.82) is 0 Å². The molecule has 10 nitrogen and oxygen atoms in total. The summed E-state index contributed by atoms with van der Waals surface area (Å²) in [5, 5.41) is 14.4. The van der Waals surface area contributed by atoms with Gasteiger partial charge >= 0.3 is 11.8 Å². The number of hydrogen-bond donors (Lipinski definition) is 1. The van der Waals surface area contributed by atoms with Crippen LogP contribution in [0.2, 0.25) is 0 Å². The average Bonchev–Trinajstić information content (AvgIpc) is 3.57. The van der Waals surface area contributed by atoms with Crippen LogP contribution in [-0.4, -0.2) is 52.3 Å². The molecule has 1 aliphatic heterocycles. The van der Waals surface area contributed by atoms with Gasteiger partial charge in [-0.25, -0.2) is 4.98 Å². The van der Waals surface area contributed by atoms with Crippen LogP contribution in [0.1, 0.15) is 39.4 Å². The van der Waals surface area contributed by atoms with Crippen LogP contribution in [0.4, 0.5) is 0 Å². The molecule has 164 valence electrons. The van der Waals surface area contributed by atoms with Crippen molar-refractivity contribution in [2.24, 2.45) is 7.05 Å². The van der Waals surface area contributed by atoms with Gasteiger partial charge in [0.05, 0.1) is 23.9 Å². The number of pyridine rings is 1. The van der Waals surface area contributed by atoms with Crippen LogP contribution in [0.15, 0.2) is 53.5 Å². The minimum Gasteiger partial charge on any atom is -0.411 e. The van der Waals surface area contributed by atoms with Crippen molar-refractivity contribution in [1.82, 2.24) is 39.8 Å². The monoisotopic (exact) mass is 440 g/mol. The first-order valence-electron chi connectivity index (χ1n) is 10.6. The lowest BCUT2D eigenvalue weighted by atomic mass is 9.98. The second-order valence-corrected chi connectivity index (χ2v) is 8.09. The van der Waals surface area contributed by atoms with E-state index >= 15 is 0 Å². The van der Waals surface area contributed by atoms with Gasteiger partial charge < -0.3 is 14.3 Å². The van der Waals surface area contributed by atoms with E-state index in [0.717, 1.165) is 33.4 Å². The Morgan fingerprint density at radius 2 is 2.00 bits per heavy atom. The molecule has 1 amide bonds. The van der Waals surface area contributed by atoms with Crippen LogP contribution < -0.4 is 0 Å². The van der Waals surface area contributed by atoms with Crippen LogP contribution in [0.25, 0.3) is 22.4 Å². The Morgan fingerprint density at radius 1 is 1.15 bits per heavy atom. The van der Waals surface area contributed by atoms with Gasteiger partial charge in [-0.05, 0) is 23.9 Å². The van der Waals surface area contributed by atoms with Crippen LogP contribution in [0, 0.1) is 6.92 Å². The van der Waals surface area contributed by atoms with E-state index in [4.69, 9.17) is 4.42 Å². The van der Waals surface area contributed by atoms with Gasteiger partial charge in [0.25, 0.3) is 5.89 Å². The summed E-state index contributed by atoms with van der Waals surface area (Å²) in [6.07, 6.45) is 5.84. The quantitative estimate of drug-likeness (QED) is 0.458. The van der Waals surface area contributed by atoms with E-state index in [1.165, 1.54) is 0 Å². The zero-order valence-corrected chi connectivity index (χ0v) is 18.1. The second kappa shape index (κ2) is 7.37. The molecule has 0 unspecified atom stereocenters. The zero-order valence-electron chi connectivity index (χ0n) is 18.1. The van der Waals surface area contributed by atoms with Crippen molar-refractivity contribution in [3.63, 3.8) is 0 Å². The van der Waals surface area contributed by atoms with E-state index in [-0.39, 0.29) is 17.7 Å². The summed E-state index contributed by atoms with van der Waals surface area (Å²) in [6.45, 7) is 2.37. The molecule has 5 aromatic rings. The highest BCUT2D eigenvalue weighted by atomic mass is 16.4. The molecular formula is C23H20N8O2. The lowest BCUT2D eigenvalue weighted by molar-refractivity contribution is 0.0647. The first-order chi connectivity index (χ1) is 16.1. The number of amides is 1. The van der Waals surface area contributed by atoms with Crippen LogP contribution in [0.3, 0.4) is 0 Å². The van der Waals surface area contributed by atoms with Crippen LogP contribution in [-0.2, 0) is 13.5 Å². The van der Waals surface area contributed by atoms with Gasteiger partial charge in [0.15, 0.2) is 0 Å². The number of aromatic nitrogens is 7. The third-order valence-electron chi connectivity index (χ3n) is 6.05. The fourth-order valence-electron chi connectivity index (χ4n) is 4.43. The Bertz CT molecular complexity index is 1480. The van der Waals surface area contributed by atoms with Gasteiger partial charge in [-0.15, -0.1) is 10.2 Å². The van der Waals surface area contributed by atoms with Crippen LogP contribution in [0.5, 0.6) is 0 Å². The fourth-order valence-corrected chi connectivity index (χ4v) is 4.43. The number of aryl methyl sites for hydroxylation is 2. The molecule has 0 bridgehead atoms. The molecule has 0 fully saturated rings. The van der Waals surface area contributed by atoms with E-state index < -0.39 is 6.04 Å². The van der Waals surface area contributed by atoms with Crippen molar-refractivity contribution in [2.45, 2.75) is 19.4 Å². The fraction of sp³-hybridized carbons (Fsp3) is 0.217. The molecule has 5 heterocycles. The number of rotatable bonds is 3. The molecule has 6 rings (SSSR count). The molecular weight excluding hydrogens is 420 g/mol. The number of fused-ring (bicyclic) bond motifs is 2. The summed E-state index contributed by atoms with van der Waals surface area (Å²) >= 11 is 0. The summed E-state index contributed by atoms with van der Waals surface area (Å²) in [7, 11) is 1.79. The summed E-state index contributed by atoms with van der Waals surface area (Å²) in [5.74, 6) is -0.175. The Balaban J connectivity index is 1.41. The summed E-state index contributed by atoms with van der Waals surface area (Å²) < 4.78 is 7.45. The number of aromatic amines is 1. The lowest BCUT2D eigenvalue weighted by Gasteiger charge is -2.33. The maximum absolute atomic E-state index is 13.6. The number of nitrogens with zero attached hydrogens (tertiary/aromatic N) is 7. The normalized spacial score (nSPS) is 15.7. The molecule has 1 N–H and O–H groups in total. The number of H-pyrrole nitrogens is 1. The number of benzene rings is 1. The number of imidazole rings is 1. The molecule has 1 atom stereocenters. The van der Waals surface area contributed by atoms with E-state index in [0.29, 0.717) is 18.7 Å². The van der Waals surface area contributed by atoms with Crippen LogP contribution >= 0.6 is 0 Å². The van der Waals surface area contributed by atoms with E-state index in [1.54, 1.807) is 29.2 Å². The van der Waals surface area contributed by atoms with E-state index in [1.807, 2.05) is 43.5 Å². The molecule has 4 aromatic heterocycles. The van der Waals surface area contributed by atoms with Crippen molar-refractivity contribution in [3.8, 4) is 11.6 Å². The molecule has 0 saturated carbocycles. The van der Waals surface area contributed by atoms with Gasteiger partial charge in [0.1, 0.15) is 11.7 Å². The highest BCUT2D eigenvalue weighted by molar-refractivity contribution is 5.91. The minimum atomic E-state index is -0.467. The number of carbonyl (C=O) groups is 1. The van der Waals surface area contributed by atoms with Crippen molar-refractivity contribution in [3.05, 3.63) is 77.6 Å². The molecule has 1 aromatic carbocycles. The molecule has 0 radical (unpaired) electrons. The molecule has 10 heteroatoms. The van der Waals surface area contributed by atoms with Crippen molar-refractivity contribution in [2.75, 3.05) is 6.54 Å². The first-order valence-corrected chi connectivity index (χ1v) is 10.6. The SMILES string of the molecule is Cc1cnn(C)c1-c1nnc(C(=O)N2CCc3[nH]cnc3[C@H]2c2cc3ccccc3cn2)o1. The smallest absolute Gasteiger partial charge is 0.312 e. The largest absolute Gasteiger partial charge is 0.411 e. The van der Waals surface area contributed by atoms with Gasteiger partial charge in [-0.2, -0.15) is 5.10 Å². The Morgan fingerprint density at radius 3 is 2.82 bits per heavy atom. The predicted octanol–water partition coefficient (Wildman–Crippen LogP) is 2.84. The lowest BCUT2D eigenvalue weighted by Crippen LogP contribution is -2.41. The number of carbonyl (C=O) groups excluding carboxylic acids is 1. The highest BCUT2D eigenvalue weighted by Crippen LogP contribution is 2.34. The number of hydrogen-bond acceptors (Lipinski definition) is 7. The van der Waals surface area contributed by atoms with Gasteiger partial charge in [0.2, 0.25) is 0 Å². The molecule has 33 heavy (non-hydrogen) atoms. The molecule has 0 saturated heterocycles. The van der Waals surface area contributed by atoms with E-state index in [9.17, 15) is 4.79 Å². The Kier molecular flexibility index (Phi) is 4.32. The molecule has 0 aliphatic carbocycles. The van der Waals surface area contributed by atoms with Crippen molar-refractivity contribution >= 4 is 16.7 Å². The van der Waals surface area contributed by atoms with Gasteiger partial charge in [-0.3, -0.25) is 14.5 Å². The summed E-state index contributed by atoms with van der Waals surface area (Å²) in [4.78, 5) is 27.7. The third kappa shape index (κ3) is 3.10. The number of nitrogens with one attached hydrogen (secondary N) is 1. The second-order valence-electron chi connectivity index (χ2n) is 8.09. The van der Waals surface area contributed by atoms with Crippen molar-refractivity contribution < 1.29 is 9.21 Å². The topological polar surface area (TPSA) is 119 Å². The standard InChI is InChI=1S/C23H20N8O2/c1-13-10-27-30(2)19(13)21-28-29-22(33-21)23(32)31-8-7-16-18(26-12-25-16)20(31)17-9-14-5-3-4-6-15(14)11-24-17/h3-6,9-12,20H,7-8H2,1-2H3,(H,25,26)/t20-/m1/s1. The minimum absolute atomic E-state index is 0.0737. The maximum atomic E-state index is 13.6. The third-order valence-corrected chi connectivity index (χ3v) is 6.05. The predicted molar refractivity (Wildman–Crippen MR) is 118 cm³/mol. The maximum Gasteiger partial charge on any atom is 0.312 e. The van der Waals surface area contributed by atoms with Gasteiger partial charge in [0, 0.05) is 37.3 Å². The summed E-state index contributed by atoms with van der Waals surface area (Å²) in [6, 6.07) is 9.53. The zero-order chi connectivity index (χ0) is 22.5. The summed E-state index contributed by atoms with van der Waals surface area (Å²) in [5.41, 5.74) is 4.08. The highest BCUT2D eigenvalue weighted by Gasteiger charge is 2.37. The van der Waals surface area contributed by atoms with E-state index in [2.05, 4.69) is 30.2 Å². The van der Waals surface area contributed by atoms with Gasteiger partial charge in [-0.1, -0.05) is 24.3 Å². The first kappa shape index (κ1) is 19.4. The molecule has 0 spiro atoms.